The van der Waals surface area contributed by atoms with Crippen molar-refractivity contribution in [1.29, 1.82) is 5.26 Å². The van der Waals surface area contributed by atoms with Crippen molar-refractivity contribution in [2.24, 2.45) is 0 Å². The molecule has 0 atom stereocenters. The molecule has 0 saturated carbocycles. The Morgan fingerprint density at radius 3 is 2.83 bits per heavy atom. The van der Waals surface area contributed by atoms with E-state index in [1.165, 1.54) is 19.2 Å². The van der Waals surface area contributed by atoms with Gasteiger partial charge in [-0.1, -0.05) is 0 Å². The highest BCUT2D eigenvalue weighted by Crippen LogP contribution is 2.30. The fourth-order valence-corrected chi connectivity index (χ4v) is 1.40. The van der Waals surface area contributed by atoms with Crippen molar-refractivity contribution in [3.05, 3.63) is 28.3 Å². The number of nitrogens with zero attached hydrogens (tertiary/aromatic N) is 2. The summed E-state index contributed by atoms with van der Waals surface area (Å²) >= 11 is 0. The highest BCUT2D eigenvalue weighted by Gasteiger charge is 2.15. The van der Waals surface area contributed by atoms with E-state index in [1.54, 1.807) is 6.07 Å². The lowest BCUT2D eigenvalue weighted by molar-refractivity contribution is -0.385. The Morgan fingerprint density at radius 1 is 1.44 bits per heavy atom. The van der Waals surface area contributed by atoms with Gasteiger partial charge in [0.2, 0.25) is 0 Å². The molecule has 0 aliphatic carbocycles. The molecule has 96 valence electrons. The highest BCUT2D eigenvalue weighted by molar-refractivity contribution is 5.50. The molecular formula is C12H14N2O4. The van der Waals surface area contributed by atoms with E-state index in [4.69, 9.17) is 14.7 Å². The number of rotatable bonds is 7. The van der Waals surface area contributed by atoms with Gasteiger partial charge < -0.3 is 9.47 Å². The van der Waals surface area contributed by atoms with E-state index >= 15 is 0 Å². The van der Waals surface area contributed by atoms with Crippen LogP contribution in [0.25, 0.3) is 0 Å². The number of nitro benzene ring substituents is 1. The first kappa shape index (κ1) is 13.8. The number of hydrogen-bond acceptors (Lipinski definition) is 5. The molecule has 6 heteroatoms. The number of methoxy groups -OCH3 is 1. The predicted octanol–water partition coefficient (Wildman–Crippen LogP) is 2.68. The van der Waals surface area contributed by atoms with Gasteiger partial charge >= 0.3 is 5.69 Å². The molecule has 0 saturated heterocycles. The van der Waals surface area contributed by atoms with Crippen LogP contribution in [0.2, 0.25) is 0 Å². The van der Waals surface area contributed by atoms with Gasteiger partial charge in [0, 0.05) is 6.42 Å². The van der Waals surface area contributed by atoms with Crippen LogP contribution >= 0.6 is 0 Å². The van der Waals surface area contributed by atoms with Crippen LogP contribution < -0.4 is 9.47 Å². The predicted molar refractivity (Wildman–Crippen MR) is 64.6 cm³/mol. The third-order valence-electron chi connectivity index (χ3n) is 2.30. The van der Waals surface area contributed by atoms with Gasteiger partial charge in [-0.3, -0.25) is 10.1 Å². The molecule has 0 bridgehead atoms. The molecule has 0 N–H and O–H groups in total. The van der Waals surface area contributed by atoms with Gasteiger partial charge in [0.15, 0.2) is 5.75 Å². The van der Waals surface area contributed by atoms with E-state index in [-0.39, 0.29) is 11.4 Å². The molecule has 1 aromatic carbocycles. The second-order valence-electron chi connectivity index (χ2n) is 3.55. The highest BCUT2D eigenvalue weighted by atomic mass is 16.6. The summed E-state index contributed by atoms with van der Waals surface area (Å²) in [5, 5.41) is 19.1. The van der Waals surface area contributed by atoms with E-state index in [2.05, 4.69) is 0 Å². The fraction of sp³-hybridized carbons (Fsp3) is 0.417. The number of hydrogen-bond donors (Lipinski definition) is 0. The Kier molecular flexibility index (Phi) is 5.45. The Hall–Kier alpha value is -2.29. The van der Waals surface area contributed by atoms with Crippen molar-refractivity contribution in [3.8, 4) is 17.6 Å². The maximum absolute atomic E-state index is 10.8. The summed E-state index contributed by atoms with van der Waals surface area (Å²) in [5.74, 6) is 0.635. The lowest BCUT2D eigenvalue weighted by Crippen LogP contribution is -1.99. The van der Waals surface area contributed by atoms with Gasteiger partial charge in [0.25, 0.3) is 0 Å². The van der Waals surface area contributed by atoms with Gasteiger partial charge in [-0.15, -0.1) is 0 Å². The fourth-order valence-electron chi connectivity index (χ4n) is 1.40. The molecule has 1 aromatic rings. The van der Waals surface area contributed by atoms with Crippen molar-refractivity contribution >= 4 is 5.69 Å². The minimum absolute atomic E-state index is 0.118. The second kappa shape index (κ2) is 7.12. The van der Waals surface area contributed by atoms with E-state index < -0.39 is 4.92 Å². The Bertz CT molecular complexity index is 454. The van der Waals surface area contributed by atoms with Crippen molar-refractivity contribution in [2.75, 3.05) is 13.7 Å². The summed E-state index contributed by atoms with van der Waals surface area (Å²) in [6, 6.07) is 6.50. The average Bonchev–Trinajstić information content (AvgIpc) is 2.38. The van der Waals surface area contributed by atoms with Gasteiger partial charge in [-0.05, 0) is 25.0 Å². The van der Waals surface area contributed by atoms with Gasteiger partial charge in [0.1, 0.15) is 5.75 Å². The van der Waals surface area contributed by atoms with E-state index in [1.807, 2.05) is 6.07 Å². The van der Waals surface area contributed by atoms with Crippen molar-refractivity contribution in [2.45, 2.75) is 19.3 Å². The van der Waals surface area contributed by atoms with Crippen LogP contribution in [0.1, 0.15) is 19.3 Å². The first-order valence-electron chi connectivity index (χ1n) is 5.51. The lowest BCUT2D eigenvalue weighted by Gasteiger charge is -2.07. The van der Waals surface area contributed by atoms with E-state index in [9.17, 15) is 10.1 Å². The minimum Gasteiger partial charge on any atom is -0.493 e. The Morgan fingerprint density at radius 2 is 2.22 bits per heavy atom. The van der Waals surface area contributed by atoms with Crippen LogP contribution in [0, 0.1) is 21.4 Å². The molecule has 18 heavy (non-hydrogen) atoms. The molecule has 0 amide bonds. The molecule has 0 heterocycles. The van der Waals surface area contributed by atoms with Crippen molar-refractivity contribution in [3.63, 3.8) is 0 Å². The summed E-state index contributed by atoms with van der Waals surface area (Å²) in [5.41, 5.74) is -0.118. The molecule has 0 fully saturated rings. The van der Waals surface area contributed by atoms with Gasteiger partial charge in [0.05, 0.1) is 30.8 Å². The molecule has 0 unspecified atom stereocenters. The lowest BCUT2D eigenvalue weighted by atomic mass is 10.2. The molecule has 0 spiro atoms. The normalized spacial score (nSPS) is 9.56. The standard InChI is InChI=1S/C12H14N2O4/c1-17-12-6-5-10(9-11(12)14(15)16)18-8-4-2-3-7-13/h5-6,9H,2-4,8H2,1H3. The molecule has 1 rings (SSSR count). The summed E-state index contributed by atoms with van der Waals surface area (Å²) in [6.45, 7) is 0.436. The third kappa shape index (κ3) is 3.94. The van der Waals surface area contributed by atoms with Crippen molar-refractivity contribution in [1.82, 2.24) is 0 Å². The number of benzene rings is 1. The summed E-state index contributed by atoms with van der Waals surface area (Å²) in [7, 11) is 1.38. The summed E-state index contributed by atoms with van der Waals surface area (Å²) < 4.78 is 10.3. The number of ether oxygens (including phenoxy) is 2. The van der Waals surface area contributed by atoms with Crippen LogP contribution in [0.5, 0.6) is 11.5 Å². The number of unbranched alkanes of at least 4 members (excludes halogenated alkanes) is 2. The molecule has 0 aliphatic rings. The van der Waals surface area contributed by atoms with Gasteiger partial charge in [-0.25, -0.2) is 0 Å². The van der Waals surface area contributed by atoms with Crippen LogP contribution in [-0.2, 0) is 0 Å². The summed E-state index contributed by atoms with van der Waals surface area (Å²) in [4.78, 5) is 10.3. The quantitative estimate of drug-likeness (QED) is 0.422. The van der Waals surface area contributed by atoms with Crippen LogP contribution in [0.3, 0.4) is 0 Å². The van der Waals surface area contributed by atoms with E-state index in [0.29, 0.717) is 18.8 Å². The van der Waals surface area contributed by atoms with Crippen LogP contribution in [0.15, 0.2) is 18.2 Å². The minimum atomic E-state index is -0.513. The SMILES string of the molecule is COc1ccc(OCCCCC#N)cc1[N+](=O)[O-]. The molecule has 6 nitrogen and oxygen atoms in total. The first-order valence-corrected chi connectivity index (χ1v) is 5.51. The summed E-state index contributed by atoms with van der Waals surface area (Å²) in [6.07, 6.45) is 1.99. The number of nitriles is 1. The zero-order chi connectivity index (χ0) is 13.4. The average molecular weight is 250 g/mol. The largest absolute Gasteiger partial charge is 0.493 e. The second-order valence-corrected chi connectivity index (χ2v) is 3.55. The Balaban J connectivity index is 2.60. The maximum Gasteiger partial charge on any atom is 0.314 e. The molecule has 0 aromatic heterocycles. The van der Waals surface area contributed by atoms with Crippen molar-refractivity contribution < 1.29 is 14.4 Å². The molecule has 0 radical (unpaired) electrons. The van der Waals surface area contributed by atoms with Crippen LogP contribution in [-0.4, -0.2) is 18.6 Å². The molecule has 0 aliphatic heterocycles. The topological polar surface area (TPSA) is 85.4 Å². The first-order chi connectivity index (χ1) is 8.69. The van der Waals surface area contributed by atoms with Crippen LogP contribution in [0.4, 0.5) is 5.69 Å². The zero-order valence-corrected chi connectivity index (χ0v) is 10.1. The zero-order valence-electron chi connectivity index (χ0n) is 10.1. The monoisotopic (exact) mass is 250 g/mol. The maximum atomic E-state index is 10.8. The third-order valence-corrected chi connectivity index (χ3v) is 2.30. The van der Waals surface area contributed by atoms with Gasteiger partial charge in [-0.2, -0.15) is 5.26 Å². The van der Waals surface area contributed by atoms with E-state index in [0.717, 1.165) is 12.8 Å². The number of nitro groups is 1. The molecular weight excluding hydrogens is 236 g/mol. The smallest absolute Gasteiger partial charge is 0.314 e. The Labute approximate surface area is 105 Å².